The summed E-state index contributed by atoms with van der Waals surface area (Å²) in [4.78, 5) is 14.8. The minimum Gasteiger partial charge on any atom is -0.478 e. The predicted octanol–water partition coefficient (Wildman–Crippen LogP) is 3.16. The van der Waals surface area contributed by atoms with Gasteiger partial charge in [0.25, 0.3) is 0 Å². The molecule has 19 heavy (non-hydrogen) atoms. The second-order valence-corrected chi connectivity index (χ2v) is 4.49. The van der Waals surface area contributed by atoms with Crippen LogP contribution in [0.1, 0.15) is 16.1 Å². The highest BCUT2D eigenvalue weighted by molar-refractivity contribution is 9.10. The Labute approximate surface area is 117 Å². The molecule has 1 aromatic heterocycles. The number of anilines is 2. The quantitative estimate of drug-likeness (QED) is 0.908. The van der Waals surface area contributed by atoms with Gasteiger partial charge < -0.3 is 10.4 Å². The lowest BCUT2D eigenvalue weighted by atomic mass is 10.2. The number of nitrogens with one attached hydrogen (secondary N) is 1. The van der Waals surface area contributed by atoms with Crippen LogP contribution in [0.3, 0.4) is 0 Å². The zero-order chi connectivity index (χ0) is 13.8. The number of nitriles is 1. The number of hydrogen-bond donors (Lipinski definition) is 2. The van der Waals surface area contributed by atoms with Crippen molar-refractivity contribution in [2.24, 2.45) is 0 Å². The van der Waals surface area contributed by atoms with Crippen LogP contribution in [0.4, 0.5) is 11.4 Å². The van der Waals surface area contributed by atoms with Crippen molar-refractivity contribution in [3.63, 3.8) is 0 Å². The molecule has 0 aliphatic carbocycles. The summed E-state index contributed by atoms with van der Waals surface area (Å²) in [5.41, 5.74) is 1.68. The molecule has 1 heterocycles. The lowest BCUT2D eigenvalue weighted by Gasteiger charge is -2.09. The fourth-order valence-electron chi connectivity index (χ4n) is 1.49. The minimum atomic E-state index is -0.994. The van der Waals surface area contributed by atoms with E-state index in [0.29, 0.717) is 15.8 Å². The molecule has 0 radical (unpaired) electrons. The molecule has 0 atom stereocenters. The van der Waals surface area contributed by atoms with Crippen molar-refractivity contribution < 1.29 is 9.90 Å². The van der Waals surface area contributed by atoms with Gasteiger partial charge in [0.15, 0.2) is 5.69 Å². The first kappa shape index (κ1) is 13.1. The van der Waals surface area contributed by atoms with Gasteiger partial charge in [0, 0.05) is 10.7 Å². The Morgan fingerprint density at radius 1 is 1.37 bits per heavy atom. The number of benzene rings is 1. The van der Waals surface area contributed by atoms with Crippen molar-refractivity contribution in [2.45, 2.75) is 0 Å². The van der Waals surface area contributed by atoms with Crippen molar-refractivity contribution in [3.05, 3.63) is 52.3 Å². The number of carboxylic acid groups (broad SMARTS) is 1. The van der Waals surface area contributed by atoms with E-state index in [2.05, 4.69) is 26.2 Å². The Balaban J connectivity index is 2.34. The van der Waals surface area contributed by atoms with E-state index in [1.807, 2.05) is 6.07 Å². The molecule has 0 bridgehead atoms. The summed E-state index contributed by atoms with van der Waals surface area (Å²) in [6.07, 6.45) is 1.53. The number of nitrogens with zero attached hydrogens (tertiary/aromatic N) is 2. The number of rotatable bonds is 3. The van der Waals surface area contributed by atoms with E-state index in [-0.39, 0.29) is 11.3 Å². The summed E-state index contributed by atoms with van der Waals surface area (Å²) in [5.74, 6) is -0.994. The number of carboxylic acids is 1. The van der Waals surface area contributed by atoms with Crippen LogP contribution in [0.2, 0.25) is 0 Å². The number of pyridine rings is 1. The third-order valence-corrected chi connectivity index (χ3v) is 3.06. The second kappa shape index (κ2) is 5.50. The van der Waals surface area contributed by atoms with Gasteiger partial charge in [-0.25, -0.2) is 9.78 Å². The maximum atomic E-state index is 10.8. The van der Waals surface area contributed by atoms with Gasteiger partial charge in [-0.1, -0.05) is 0 Å². The molecular weight excluding hydrogens is 310 g/mol. The molecule has 2 aromatic rings. The highest BCUT2D eigenvalue weighted by Crippen LogP contribution is 2.27. The van der Waals surface area contributed by atoms with Crippen LogP contribution in [0.25, 0.3) is 0 Å². The van der Waals surface area contributed by atoms with Gasteiger partial charge in [-0.3, -0.25) is 0 Å². The average molecular weight is 318 g/mol. The first-order valence-corrected chi connectivity index (χ1v) is 6.06. The molecule has 0 saturated heterocycles. The normalized spacial score (nSPS) is 9.68. The maximum absolute atomic E-state index is 10.8. The standard InChI is InChI=1S/C13H8BrN3O2/c14-9-6-8(13(18)19)3-4-10(9)17-11-2-1-5-16-12(11)7-15/h1-6,17H,(H,18,19). The van der Waals surface area contributed by atoms with Crippen molar-refractivity contribution in [3.8, 4) is 6.07 Å². The van der Waals surface area contributed by atoms with E-state index in [4.69, 9.17) is 10.4 Å². The molecule has 0 amide bonds. The molecule has 94 valence electrons. The SMILES string of the molecule is N#Cc1ncccc1Nc1ccc(C(=O)O)cc1Br. The summed E-state index contributed by atoms with van der Waals surface area (Å²) in [6, 6.07) is 10.0. The van der Waals surface area contributed by atoms with Crippen molar-refractivity contribution in [1.82, 2.24) is 4.98 Å². The summed E-state index contributed by atoms with van der Waals surface area (Å²) in [6.45, 7) is 0. The lowest BCUT2D eigenvalue weighted by Crippen LogP contribution is -1.99. The van der Waals surface area contributed by atoms with E-state index in [1.54, 1.807) is 18.2 Å². The van der Waals surface area contributed by atoms with Gasteiger partial charge in [0.2, 0.25) is 0 Å². The second-order valence-electron chi connectivity index (χ2n) is 3.64. The number of aromatic nitrogens is 1. The fourth-order valence-corrected chi connectivity index (χ4v) is 1.97. The van der Waals surface area contributed by atoms with Crippen molar-refractivity contribution in [2.75, 3.05) is 5.32 Å². The van der Waals surface area contributed by atoms with Crippen LogP contribution >= 0.6 is 15.9 Å². The molecule has 0 unspecified atom stereocenters. The molecular formula is C13H8BrN3O2. The first-order chi connectivity index (χ1) is 9.11. The number of carbonyl (C=O) groups is 1. The average Bonchev–Trinajstić information content (AvgIpc) is 2.41. The summed E-state index contributed by atoms with van der Waals surface area (Å²) >= 11 is 3.29. The van der Waals surface area contributed by atoms with E-state index in [1.165, 1.54) is 18.3 Å². The topological polar surface area (TPSA) is 86.0 Å². The van der Waals surface area contributed by atoms with Gasteiger partial charge in [-0.2, -0.15) is 5.26 Å². The summed E-state index contributed by atoms with van der Waals surface area (Å²) in [5, 5.41) is 20.9. The molecule has 6 heteroatoms. The highest BCUT2D eigenvalue weighted by atomic mass is 79.9. The van der Waals surface area contributed by atoms with Gasteiger partial charge in [0.05, 0.1) is 16.9 Å². The smallest absolute Gasteiger partial charge is 0.335 e. The van der Waals surface area contributed by atoms with Crippen LogP contribution in [-0.2, 0) is 0 Å². The molecule has 5 nitrogen and oxygen atoms in total. The Kier molecular flexibility index (Phi) is 3.78. The van der Waals surface area contributed by atoms with E-state index in [0.717, 1.165) is 0 Å². The maximum Gasteiger partial charge on any atom is 0.335 e. The fraction of sp³-hybridized carbons (Fsp3) is 0. The van der Waals surface area contributed by atoms with E-state index < -0.39 is 5.97 Å². The molecule has 2 N–H and O–H groups in total. The zero-order valence-corrected chi connectivity index (χ0v) is 11.2. The highest BCUT2D eigenvalue weighted by Gasteiger charge is 2.08. The Bertz CT molecular complexity index is 680. The molecule has 0 aliphatic heterocycles. The third kappa shape index (κ3) is 2.89. The largest absolute Gasteiger partial charge is 0.478 e. The number of aromatic carboxylic acids is 1. The molecule has 0 spiro atoms. The van der Waals surface area contributed by atoms with E-state index in [9.17, 15) is 4.79 Å². The van der Waals surface area contributed by atoms with Crippen LogP contribution in [0.15, 0.2) is 41.0 Å². The molecule has 0 aliphatic rings. The number of hydrogen-bond acceptors (Lipinski definition) is 4. The first-order valence-electron chi connectivity index (χ1n) is 5.27. The molecule has 0 fully saturated rings. The molecule has 1 aromatic carbocycles. The van der Waals surface area contributed by atoms with Crippen LogP contribution in [0, 0.1) is 11.3 Å². The molecule has 0 saturated carbocycles. The van der Waals surface area contributed by atoms with Crippen molar-refractivity contribution in [1.29, 1.82) is 5.26 Å². The van der Waals surface area contributed by atoms with Crippen molar-refractivity contribution >= 4 is 33.3 Å². The van der Waals surface area contributed by atoms with Crippen LogP contribution in [0.5, 0.6) is 0 Å². The van der Waals surface area contributed by atoms with Gasteiger partial charge in [-0.05, 0) is 46.3 Å². The monoisotopic (exact) mass is 317 g/mol. The predicted molar refractivity (Wildman–Crippen MR) is 73.3 cm³/mol. The minimum absolute atomic E-state index is 0.184. The Morgan fingerprint density at radius 3 is 2.79 bits per heavy atom. The van der Waals surface area contributed by atoms with Crippen LogP contribution < -0.4 is 5.32 Å². The summed E-state index contributed by atoms with van der Waals surface area (Å²) in [7, 11) is 0. The number of halogens is 1. The van der Waals surface area contributed by atoms with E-state index >= 15 is 0 Å². The van der Waals surface area contributed by atoms with Gasteiger partial charge in [0.1, 0.15) is 6.07 Å². The van der Waals surface area contributed by atoms with Gasteiger partial charge in [-0.15, -0.1) is 0 Å². The van der Waals surface area contributed by atoms with Crippen LogP contribution in [-0.4, -0.2) is 16.1 Å². The molecule has 2 rings (SSSR count). The zero-order valence-electron chi connectivity index (χ0n) is 9.59. The third-order valence-electron chi connectivity index (χ3n) is 2.40. The van der Waals surface area contributed by atoms with Gasteiger partial charge >= 0.3 is 5.97 Å². The lowest BCUT2D eigenvalue weighted by molar-refractivity contribution is 0.0697. The summed E-state index contributed by atoms with van der Waals surface area (Å²) < 4.78 is 0.597. The Morgan fingerprint density at radius 2 is 2.16 bits per heavy atom. The Hall–Kier alpha value is -2.39.